The Morgan fingerprint density at radius 2 is 1.57 bits per heavy atom. The van der Waals surface area contributed by atoms with Crippen molar-refractivity contribution in [1.29, 1.82) is 0 Å². The SMILES string of the molecule is COc1c(NC(=O)Nc2ccc(Oc3ccnc(NCc4cccc(C(C)=O)c4)n3)c3ccccc23)cc(C(C)(C)C)cc1NS(C)(=O)=O. The van der Waals surface area contributed by atoms with Gasteiger partial charge in [0.2, 0.25) is 21.9 Å². The van der Waals surface area contributed by atoms with E-state index in [-0.39, 0.29) is 22.6 Å². The number of methoxy groups -OCH3 is 1. The molecule has 2 amide bonds. The number of nitrogens with zero attached hydrogens (tertiary/aromatic N) is 2. The molecule has 0 radical (unpaired) electrons. The summed E-state index contributed by atoms with van der Waals surface area (Å²) >= 11 is 0. The summed E-state index contributed by atoms with van der Waals surface area (Å²) in [5, 5.41) is 10.3. The number of Topliss-reactive ketones (excluding diaryl/α,β-unsaturated/α-hetero) is 1. The lowest BCUT2D eigenvalue weighted by atomic mass is 9.86. The van der Waals surface area contributed by atoms with Crippen molar-refractivity contribution in [2.24, 2.45) is 0 Å². The van der Waals surface area contributed by atoms with Gasteiger partial charge in [-0.3, -0.25) is 9.52 Å². The van der Waals surface area contributed by atoms with Gasteiger partial charge in [0.15, 0.2) is 11.5 Å². The molecule has 0 atom stereocenters. The average Bonchev–Trinajstić information content (AvgIpc) is 3.04. The van der Waals surface area contributed by atoms with E-state index < -0.39 is 16.1 Å². The topological polar surface area (TPSA) is 161 Å². The van der Waals surface area contributed by atoms with E-state index in [1.807, 2.05) is 63.2 Å². The van der Waals surface area contributed by atoms with Gasteiger partial charge in [-0.25, -0.2) is 18.2 Å². The number of amides is 2. The fourth-order valence-corrected chi connectivity index (χ4v) is 5.62. The van der Waals surface area contributed by atoms with E-state index in [0.29, 0.717) is 46.4 Å². The van der Waals surface area contributed by atoms with E-state index in [1.54, 1.807) is 42.6 Å². The largest absolute Gasteiger partial charge is 0.492 e. The second kappa shape index (κ2) is 14.2. The number of fused-ring (bicyclic) bond motifs is 1. The number of benzene rings is 4. The molecule has 0 saturated heterocycles. The highest BCUT2D eigenvalue weighted by molar-refractivity contribution is 7.92. The fourth-order valence-electron chi connectivity index (χ4n) is 5.07. The highest BCUT2D eigenvalue weighted by atomic mass is 32.2. The molecule has 4 N–H and O–H groups in total. The number of ketones is 1. The van der Waals surface area contributed by atoms with Crippen molar-refractivity contribution in [1.82, 2.24) is 9.97 Å². The molecule has 0 aliphatic carbocycles. The summed E-state index contributed by atoms with van der Waals surface area (Å²) in [5.74, 6) is 1.34. The third kappa shape index (κ3) is 8.82. The van der Waals surface area contributed by atoms with Crippen molar-refractivity contribution in [3.63, 3.8) is 0 Å². The van der Waals surface area contributed by atoms with Crippen LogP contribution in [0.2, 0.25) is 0 Å². The standard InChI is InChI=1S/C36H38N6O6S/c1-22(43)24-11-9-10-23(18-24)21-38-34-37-17-16-32(41-34)48-31-15-14-28(26-12-7-8-13-27(26)31)39-35(44)40-29-19-25(36(2,3)4)20-30(33(29)47-5)42-49(6,45)46/h7-20,42H,21H2,1-6H3,(H,37,38,41)(H2,39,40,44). The number of hydrogen-bond donors (Lipinski definition) is 4. The number of carbonyl (C=O) groups excluding carboxylic acids is 2. The summed E-state index contributed by atoms with van der Waals surface area (Å²) in [7, 11) is -2.23. The van der Waals surface area contributed by atoms with Gasteiger partial charge in [0.1, 0.15) is 5.75 Å². The van der Waals surface area contributed by atoms with Gasteiger partial charge in [0.05, 0.1) is 30.4 Å². The summed E-state index contributed by atoms with van der Waals surface area (Å²) in [6.07, 6.45) is 2.63. The fraction of sp³-hybridized carbons (Fsp3) is 0.222. The molecule has 0 spiro atoms. The number of urea groups is 1. The second-order valence-corrected chi connectivity index (χ2v) is 14.1. The van der Waals surface area contributed by atoms with Crippen LogP contribution in [0.1, 0.15) is 49.2 Å². The minimum absolute atomic E-state index is 0.00763. The van der Waals surface area contributed by atoms with Crippen LogP contribution >= 0.6 is 0 Å². The number of aromatic nitrogens is 2. The van der Waals surface area contributed by atoms with E-state index in [0.717, 1.165) is 22.8 Å². The van der Waals surface area contributed by atoms with E-state index >= 15 is 0 Å². The van der Waals surface area contributed by atoms with Crippen LogP contribution in [0.4, 0.5) is 27.8 Å². The zero-order valence-corrected chi connectivity index (χ0v) is 28.9. The Balaban J connectivity index is 1.36. The maximum Gasteiger partial charge on any atom is 0.323 e. The molecule has 49 heavy (non-hydrogen) atoms. The van der Waals surface area contributed by atoms with Crippen LogP contribution in [0.15, 0.2) is 85.1 Å². The first-order valence-electron chi connectivity index (χ1n) is 15.3. The van der Waals surface area contributed by atoms with Gasteiger partial charge in [-0.05, 0) is 53.8 Å². The first-order chi connectivity index (χ1) is 23.2. The molecule has 0 fully saturated rings. The third-order valence-corrected chi connectivity index (χ3v) is 8.05. The predicted octanol–water partition coefficient (Wildman–Crippen LogP) is 7.56. The molecule has 0 aliphatic heterocycles. The van der Waals surface area contributed by atoms with Crippen molar-refractivity contribution in [2.45, 2.75) is 39.7 Å². The molecule has 254 valence electrons. The molecule has 0 aliphatic rings. The van der Waals surface area contributed by atoms with Gasteiger partial charge in [0.25, 0.3) is 0 Å². The smallest absolute Gasteiger partial charge is 0.323 e. The van der Waals surface area contributed by atoms with Crippen molar-refractivity contribution >= 4 is 55.6 Å². The predicted molar refractivity (Wildman–Crippen MR) is 193 cm³/mol. The second-order valence-electron chi connectivity index (χ2n) is 12.4. The van der Waals surface area contributed by atoms with Crippen molar-refractivity contribution < 1.29 is 27.5 Å². The highest BCUT2D eigenvalue weighted by Gasteiger charge is 2.22. The highest BCUT2D eigenvalue weighted by Crippen LogP contribution is 2.40. The summed E-state index contributed by atoms with van der Waals surface area (Å²) in [6, 6.07) is 22.8. The number of carbonyl (C=O) groups is 2. The maximum absolute atomic E-state index is 13.4. The summed E-state index contributed by atoms with van der Waals surface area (Å²) in [4.78, 5) is 33.9. The van der Waals surface area contributed by atoms with Gasteiger partial charge in [-0.15, -0.1) is 0 Å². The third-order valence-electron chi connectivity index (χ3n) is 7.46. The Morgan fingerprint density at radius 3 is 2.27 bits per heavy atom. The van der Waals surface area contributed by atoms with Crippen LogP contribution in [0.3, 0.4) is 0 Å². The quantitative estimate of drug-likeness (QED) is 0.103. The zero-order valence-electron chi connectivity index (χ0n) is 28.0. The maximum atomic E-state index is 13.4. The van der Waals surface area contributed by atoms with Gasteiger partial charge in [-0.1, -0.05) is 63.2 Å². The molecular weight excluding hydrogens is 644 g/mol. The van der Waals surface area contributed by atoms with E-state index in [9.17, 15) is 18.0 Å². The van der Waals surface area contributed by atoms with Gasteiger partial charge < -0.3 is 25.4 Å². The Morgan fingerprint density at radius 1 is 0.857 bits per heavy atom. The number of anilines is 4. The normalized spacial score (nSPS) is 11.5. The van der Waals surface area contributed by atoms with Crippen molar-refractivity contribution in [2.75, 3.05) is 34.0 Å². The molecular formula is C36H38N6O6S. The molecule has 0 saturated carbocycles. The molecule has 13 heteroatoms. The zero-order chi connectivity index (χ0) is 35.3. The Kier molecular flexibility index (Phi) is 10.0. The molecule has 5 rings (SSSR count). The van der Waals surface area contributed by atoms with E-state index in [4.69, 9.17) is 9.47 Å². The van der Waals surface area contributed by atoms with Crippen LogP contribution < -0.4 is 30.1 Å². The minimum Gasteiger partial charge on any atom is -0.492 e. The van der Waals surface area contributed by atoms with Gasteiger partial charge >= 0.3 is 6.03 Å². The van der Waals surface area contributed by atoms with Gasteiger partial charge in [0, 0.05) is 35.1 Å². The van der Waals surface area contributed by atoms with Crippen LogP contribution in [-0.2, 0) is 22.0 Å². The lowest BCUT2D eigenvalue weighted by Gasteiger charge is -2.24. The van der Waals surface area contributed by atoms with Crippen LogP contribution in [0, 0.1) is 0 Å². The number of rotatable bonds is 11. The lowest BCUT2D eigenvalue weighted by molar-refractivity contribution is 0.101. The number of sulfonamides is 1. The number of nitrogens with one attached hydrogen (secondary N) is 4. The van der Waals surface area contributed by atoms with Gasteiger partial charge in [-0.2, -0.15) is 4.98 Å². The number of hydrogen-bond acceptors (Lipinski definition) is 9. The van der Waals surface area contributed by atoms with E-state index in [2.05, 4.69) is 30.6 Å². The monoisotopic (exact) mass is 682 g/mol. The Bertz CT molecular complexity index is 2150. The summed E-state index contributed by atoms with van der Waals surface area (Å²) in [5.41, 5.74) is 2.98. The molecule has 5 aromatic rings. The molecule has 12 nitrogen and oxygen atoms in total. The van der Waals surface area contributed by atoms with Crippen molar-refractivity contribution in [3.05, 3.63) is 102 Å². The number of ether oxygens (including phenoxy) is 2. The Labute approximate surface area is 285 Å². The first-order valence-corrected chi connectivity index (χ1v) is 17.2. The van der Waals surface area contributed by atoms with Crippen LogP contribution in [0.5, 0.6) is 17.4 Å². The average molecular weight is 683 g/mol. The Hall–Kier alpha value is -5.69. The molecule has 1 aromatic heterocycles. The van der Waals surface area contributed by atoms with E-state index in [1.165, 1.54) is 14.0 Å². The van der Waals surface area contributed by atoms with Crippen LogP contribution in [-0.4, -0.2) is 43.6 Å². The molecule has 4 aromatic carbocycles. The first kappa shape index (κ1) is 34.6. The minimum atomic E-state index is -3.63. The summed E-state index contributed by atoms with van der Waals surface area (Å²) in [6.45, 7) is 7.88. The molecule has 0 bridgehead atoms. The lowest BCUT2D eigenvalue weighted by Crippen LogP contribution is -2.22. The van der Waals surface area contributed by atoms with Crippen molar-refractivity contribution in [3.8, 4) is 17.4 Å². The summed E-state index contributed by atoms with van der Waals surface area (Å²) < 4.78 is 38.4. The van der Waals surface area contributed by atoms with Crippen LogP contribution in [0.25, 0.3) is 10.8 Å². The molecule has 0 unspecified atom stereocenters. The molecule has 1 heterocycles.